The Hall–Kier alpha value is -3.13. The van der Waals surface area contributed by atoms with Gasteiger partial charge in [-0.2, -0.15) is 0 Å². The summed E-state index contributed by atoms with van der Waals surface area (Å²) in [5.74, 6) is -0.0366. The lowest BCUT2D eigenvalue weighted by molar-refractivity contribution is -0.117. The van der Waals surface area contributed by atoms with Gasteiger partial charge < -0.3 is 5.73 Å². The van der Waals surface area contributed by atoms with Crippen LogP contribution < -0.4 is 11.3 Å². The van der Waals surface area contributed by atoms with Crippen LogP contribution in [0.1, 0.15) is 18.1 Å². The van der Waals surface area contributed by atoms with E-state index in [4.69, 9.17) is 5.73 Å². The van der Waals surface area contributed by atoms with Crippen molar-refractivity contribution in [2.24, 2.45) is 5.73 Å². The van der Waals surface area contributed by atoms with E-state index in [-0.39, 0.29) is 5.56 Å². The molecular formula is C20H19N5O2S. The Morgan fingerprint density at radius 2 is 1.89 bits per heavy atom. The largest absolute Gasteiger partial charge is 0.369 e. The Bertz CT molecular complexity index is 1290. The number of aryl methyl sites for hydroxylation is 2. The Morgan fingerprint density at radius 1 is 1.14 bits per heavy atom. The maximum Gasteiger partial charge on any atom is 0.267 e. The minimum atomic E-state index is -0.479. The fraction of sp³-hybridized carbons (Fsp3) is 0.200. The Kier molecular flexibility index (Phi) is 4.43. The predicted molar refractivity (Wildman–Crippen MR) is 110 cm³/mol. The van der Waals surface area contributed by atoms with Crippen molar-refractivity contribution < 1.29 is 4.79 Å². The molecule has 0 aliphatic rings. The Morgan fingerprint density at radius 3 is 2.64 bits per heavy atom. The second-order valence-corrected chi connectivity index (χ2v) is 8.04. The molecule has 2 heterocycles. The highest BCUT2D eigenvalue weighted by molar-refractivity contribution is 8.00. The summed E-state index contributed by atoms with van der Waals surface area (Å²) in [4.78, 5) is 24.9. The molecule has 7 nitrogen and oxygen atoms in total. The number of primary amides is 1. The molecule has 1 atom stereocenters. The number of thioether (sulfide) groups is 1. The number of rotatable bonds is 4. The number of amides is 1. The van der Waals surface area contributed by atoms with Gasteiger partial charge in [-0.1, -0.05) is 36.0 Å². The molecule has 28 heavy (non-hydrogen) atoms. The van der Waals surface area contributed by atoms with E-state index in [9.17, 15) is 9.59 Å². The first-order valence-electron chi connectivity index (χ1n) is 8.81. The summed E-state index contributed by atoms with van der Waals surface area (Å²) in [5, 5.41) is 9.12. The number of hydrogen-bond acceptors (Lipinski definition) is 5. The normalized spacial score (nSPS) is 12.5. The number of nitrogens with zero attached hydrogens (tertiary/aromatic N) is 4. The van der Waals surface area contributed by atoms with E-state index < -0.39 is 11.2 Å². The van der Waals surface area contributed by atoms with Gasteiger partial charge in [0.05, 0.1) is 21.8 Å². The lowest BCUT2D eigenvalue weighted by Gasteiger charge is -2.14. The fourth-order valence-electron chi connectivity index (χ4n) is 3.15. The van der Waals surface area contributed by atoms with E-state index in [0.29, 0.717) is 21.8 Å². The first-order chi connectivity index (χ1) is 13.4. The lowest BCUT2D eigenvalue weighted by Crippen LogP contribution is -2.24. The predicted octanol–water partition coefficient (Wildman–Crippen LogP) is 2.62. The molecule has 4 rings (SSSR count). The third-order valence-electron chi connectivity index (χ3n) is 4.68. The maximum atomic E-state index is 13.3. The van der Waals surface area contributed by atoms with E-state index in [2.05, 4.69) is 10.2 Å². The second-order valence-electron chi connectivity index (χ2n) is 6.73. The first-order valence-corrected chi connectivity index (χ1v) is 9.69. The van der Waals surface area contributed by atoms with Gasteiger partial charge in [0.2, 0.25) is 11.7 Å². The summed E-state index contributed by atoms with van der Waals surface area (Å²) in [6.07, 6.45) is 0. The van der Waals surface area contributed by atoms with Gasteiger partial charge in [-0.15, -0.1) is 10.2 Å². The quantitative estimate of drug-likeness (QED) is 0.538. The Balaban J connectivity index is 2.12. The van der Waals surface area contributed by atoms with Gasteiger partial charge in [-0.3, -0.25) is 14.0 Å². The van der Waals surface area contributed by atoms with Crippen LogP contribution in [0.25, 0.3) is 22.4 Å². The fourth-order valence-corrected chi connectivity index (χ4v) is 3.95. The van der Waals surface area contributed by atoms with Crippen molar-refractivity contribution in [2.45, 2.75) is 31.2 Å². The van der Waals surface area contributed by atoms with Crippen LogP contribution in [0.3, 0.4) is 0 Å². The number of benzene rings is 2. The smallest absolute Gasteiger partial charge is 0.267 e. The van der Waals surface area contributed by atoms with Crippen LogP contribution >= 0.6 is 11.8 Å². The molecule has 0 aliphatic heterocycles. The minimum absolute atomic E-state index is 0.163. The van der Waals surface area contributed by atoms with Gasteiger partial charge in [-0.25, -0.2) is 4.57 Å². The third-order valence-corrected chi connectivity index (χ3v) is 5.74. The summed E-state index contributed by atoms with van der Waals surface area (Å²) in [6.45, 7) is 5.65. The molecule has 2 aromatic heterocycles. The molecule has 142 valence electrons. The van der Waals surface area contributed by atoms with Crippen molar-refractivity contribution in [2.75, 3.05) is 0 Å². The molecule has 1 unspecified atom stereocenters. The summed E-state index contributed by atoms with van der Waals surface area (Å²) < 4.78 is 3.39. The highest BCUT2D eigenvalue weighted by Gasteiger charge is 2.21. The second kappa shape index (κ2) is 6.79. The van der Waals surface area contributed by atoms with Gasteiger partial charge in [0.1, 0.15) is 0 Å². The lowest BCUT2D eigenvalue weighted by atomic mass is 10.1. The van der Waals surface area contributed by atoms with Crippen molar-refractivity contribution in [3.8, 4) is 5.69 Å². The molecule has 0 aliphatic carbocycles. The first kappa shape index (κ1) is 18.2. The average Bonchev–Trinajstić information content (AvgIpc) is 3.08. The number of nitrogens with two attached hydrogens (primary N) is 1. The van der Waals surface area contributed by atoms with Crippen molar-refractivity contribution in [1.82, 2.24) is 19.2 Å². The molecular weight excluding hydrogens is 374 g/mol. The van der Waals surface area contributed by atoms with E-state index in [1.807, 2.05) is 54.6 Å². The average molecular weight is 393 g/mol. The number of fused-ring (bicyclic) bond motifs is 3. The van der Waals surface area contributed by atoms with Crippen molar-refractivity contribution in [1.29, 1.82) is 0 Å². The van der Waals surface area contributed by atoms with E-state index >= 15 is 0 Å². The minimum Gasteiger partial charge on any atom is -0.369 e. The highest BCUT2D eigenvalue weighted by Crippen LogP contribution is 2.26. The van der Waals surface area contributed by atoms with E-state index in [1.54, 1.807) is 17.6 Å². The van der Waals surface area contributed by atoms with Crippen molar-refractivity contribution in [3.05, 3.63) is 63.9 Å². The van der Waals surface area contributed by atoms with E-state index in [0.717, 1.165) is 16.8 Å². The molecule has 0 saturated carbocycles. The molecule has 0 saturated heterocycles. The molecule has 0 bridgehead atoms. The summed E-state index contributed by atoms with van der Waals surface area (Å²) in [6, 6.07) is 13.2. The summed E-state index contributed by atoms with van der Waals surface area (Å²) in [5.41, 5.74) is 8.69. The molecule has 1 amide bonds. The van der Waals surface area contributed by atoms with Crippen LogP contribution in [0.2, 0.25) is 0 Å². The van der Waals surface area contributed by atoms with Crippen LogP contribution in [0.4, 0.5) is 0 Å². The SMILES string of the molecule is Cc1ccc(C)c(-n2c(=O)c3ccccc3n3c(SC(C)C(N)=O)nnc23)c1. The van der Waals surface area contributed by atoms with Crippen LogP contribution in [-0.4, -0.2) is 30.3 Å². The monoisotopic (exact) mass is 393 g/mol. The van der Waals surface area contributed by atoms with Crippen LogP contribution in [0, 0.1) is 13.8 Å². The molecule has 4 aromatic rings. The van der Waals surface area contributed by atoms with Crippen LogP contribution in [0.5, 0.6) is 0 Å². The summed E-state index contributed by atoms with van der Waals surface area (Å²) in [7, 11) is 0. The van der Waals surface area contributed by atoms with Crippen molar-refractivity contribution >= 4 is 34.3 Å². The third kappa shape index (κ3) is 2.86. The molecule has 0 spiro atoms. The van der Waals surface area contributed by atoms with Crippen LogP contribution in [-0.2, 0) is 4.79 Å². The zero-order valence-corrected chi connectivity index (χ0v) is 16.5. The molecule has 0 radical (unpaired) electrons. The number of hydrogen-bond donors (Lipinski definition) is 1. The van der Waals surface area contributed by atoms with Gasteiger partial charge in [0.15, 0.2) is 5.16 Å². The van der Waals surface area contributed by atoms with Gasteiger partial charge >= 0.3 is 0 Å². The summed E-state index contributed by atoms with van der Waals surface area (Å²) >= 11 is 1.22. The number of carbonyl (C=O) groups is 1. The highest BCUT2D eigenvalue weighted by atomic mass is 32.2. The molecule has 2 N–H and O–H groups in total. The van der Waals surface area contributed by atoms with Crippen molar-refractivity contribution in [3.63, 3.8) is 0 Å². The number of para-hydroxylation sites is 1. The zero-order valence-electron chi connectivity index (χ0n) is 15.7. The Labute approximate surface area is 165 Å². The molecule has 2 aromatic carbocycles. The molecule has 8 heteroatoms. The van der Waals surface area contributed by atoms with E-state index in [1.165, 1.54) is 11.8 Å². The maximum absolute atomic E-state index is 13.3. The van der Waals surface area contributed by atoms with Gasteiger partial charge in [-0.05, 0) is 50.1 Å². The standard InChI is InChI=1S/C20H19N5O2S/c1-11-8-9-12(2)16(10-11)24-18(27)14-6-4-5-7-15(14)25-19(24)22-23-20(25)28-13(3)17(21)26/h4-10,13H,1-3H3,(H2,21,26). The van der Waals surface area contributed by atoms with Gasteiger partial charge in [0.25, 0.3) is 5.56 Å². The van der Waals surface area contributed by atoms with Gasteiger partial charge in [0, 0.05) is 0 Å². The molecule has 0 fully saturated rings. The number of carbonyl (C=O) groups excluding carboxylic acids is 1. The zero-order chi connectivity index (χ0) is 20.0. The van der Waals surface area contributed by atoms with Crippen LogP contribution in [0.15, 0.2) is 52.4 Å². The number of aromatic nitrogens is 4. The topological polar surface area (TPSA) is 95.3 Å².